The summed E-state index contributed by atoms with van der Waals surface area (Å²) in [5, 5.41) is 36.3. The highest BCUT2D eigenvalue weighted by atomic mass is 32.1. The van der Waals surface area contributed by atoms with Crippen LogP contribution in [0, 0.1) is 0 Å². The first-order valence-electron chi connectivity index (χ1n) is 8.72. The van der Waals surface area contributed by atoms with Crippen LogP contribution in [-0.2, 0) is 7.05 Å². The number of carbonyl (C=O) groups excluding carboxylic acids is 1. The van der Waals surface area contributed by atoms with E-state index in [2.05, 4.69) is 10.3 Å². The first-order valence-corrected chi connectivity index (χ1v) is 9.60. The molecule has 0 aliphatic rings. The van der Waals surface area contributed by atoms with Crippen LogP contribution in [-0.4, -0.2) is 50.5 Å². The molecule has 1 aromatic carbocycles. The number of para-hydroxylation sites is 1. The van der Waals surface area contributed by atoms with Crippen LogP contribution < -0.4 is 5.32 Å². The molecule has 0 radical (unpaired) electrons. The highest BCUT2D eigenvalue weighted by Gasteiger charge is 2.23. The van der Waals surface area contributed by atoms with Gasteiger partial charge in [-0.2, -0.15) is 0 Å². The Morgan fingerprint density at radius 2 is 1.86 bits per heavy atom. The number of nitrogens with one attached hydrogen (secondary N) is 1. The lowest BCUT2D eigenvalue weighted by molar-refractivity contribution is 0.0824. The van der Waals surface area contributed by atoms with Gasteiger partial charge in [0.05, 0.1) is 17.0 Å². The van der Waals surface area contributed by atoms with Crippen LogP contribution in [0.25, 0.3) is 0 Å². The maximum atomic E-state index is 12.3. The van der Waals surface area contributed by atoms with Crippen molar-refractivity contribution in [1.82, 2.24) is 9.47 Å². The minimum absolute atomic E-state index is 0.111. The number of anilines is 2. The molecular weight excluding hydrogens is 392 g/mol. The summed E-state index contributed by atoms with van der Waals surface area (Å²) in [5.41, 5.74) is 1.21. The number of benzene rings is 1. The zero-order valence-corrected chi connectivity index (χ0v) is 17.3. The number of thiophene rings is 1. The van der Waals surface area contributed by atoms with Crippen molar-refractivity contribution in [3.63, 3.8) is 0 Å². The van der Waals surface area contributed by atoms with E-state index in [9.17, 15) is 20.1 Å². The summed E-state index contributed by atoms with van der Waals surface area (Å²) in [7, 11) is 4.66. The van der Waals surface area contributed by atoms with Crippen molar-refractivity contribution in [1.29, 1.82) is 0 Å². The highest BCUT2D eigenvalue weighted by Crippen LogP contribution is 2.47. The zero-order valence-electron chi connectivity index (χ0n) is 16.5. The summed E-state index contributed by atoms with van der Waals surface area (Å²) >= 11 is 1.50. The normalized spacial score (nSPS) is 11.5. The minimum Gasteiger partial charge on any atom is -0.505 e. The van der Waals surface area contributed by atoms with E-state index in [1.165, 1.54) is 33.9 Å². The molecule has 8 nitrogen and oxygen atoms in total. The van der Waals surface area contributed by atoms with Crippen LogP contribution in [0.4, 0.5) is 17.1 Å². The molecule has 0 saturated carbocycles. The molecule has 0 atom stereocenters. The molecule has 0 bridgehead atoms. The van der Waals surface area contributed by atoms with Crippen LogP contribution in [0.15, 0.2) is 40.7 Å². The van der Waals surface area contributed by atoms with E-state index in [0.717, 1.165) is 4.88 Å². The molecule has 3 aromatic rings. The number of phenols is 1. The summed E-state index contributed by atoms with van der Waals surface area (Å²) in [6, 6.07) is 8.47. The SMILES string of the molecule is CC(=Nc1c(Nc2cccc(C(=O)N(C)C)c2O)c(O)n(C)c1O)c1cccs1. The largest absolute Gasteiger partial charge is 0.505 e. The maximum Gasteiger partial charge on any atom is 0.257 e. The Labute approximate surface area is 172 Å². The van der Waals surface area contributed by atoms with E-state index >= 15 is 0 Å². The molecule has 2 aromatic heterocycles. The third-order valence-corrected chi connectivity index (χ3v) is 5.38. The Morgan fingerprint density at radius 1 is 1.14 bits per heavy atom. The molecule has 0 aliphatic carbocycles. The van der Waals surface area contributed by atoms with Gasteiger partial charge in [-0.1, -0.05) is 12.1 Å². The van der Waals surface area contributed by atoms with Gasteiger partial charge >= 0.3 is 0 Å². The fraction of sp³-hybridized carbons (Fsp3) is 0.200. The van der Waals surface area contributed by atoms with Gasteiger partial charge in [0.15, 0.2) is 11.4 Å². The van der Waals surface area contributed by atoms with E-state index in [-0.39, 0.29) is 46.0 Å². The topological polar surface area (TPSA) is 110 Å². The van der Waals surface area contributed by atoms with Crippen molar-refractivity contribution >= 4 is 40.0 Å². The van der Waals surface area contributed by atoms with Gasteiger partial charge in [0, 0.05) is 26.0 Å². The monoisotopic (exact) mass is 414 g/mol. The molecule has 9 heteroatoms. The second-order valence-corrected chi connectivity index (χ2v) is 7.58. The van der Waals surface area contributed by atoms with Gasteiger partial charge in [0.1, 0.15) is 5.69 Å². The Kier molecular flexibility index (Phi) is 5.51. The summed E-state index contributed by atoms with van der Waals surface area (Å²) in [6.07, 6.45) is 0. The predicted octanol–water partition coefficient (Wildman–Crippen LogP) is 3.79. The Hall–Kier alpha value is -3.46. The fourth-order valence-electron chi connectivity index (χ4n) is 2.77. The number of nitrogens with zero attached hydrogens (tertiary/aromatic N) is 3. The third-order valence-electron chi connectivity index (χ3n) is 4.40. The summed E-state index contributed by atoms with van der Waals surface area (Å²) in [6.45, 7) is 1.80. The average Bonchev–Trinajstić information content (AvgIpc) is 3.29. The second kappa shape index (κ2) is 7.88. The number of aliphatic imine (C=N–C) groups is 1. The Morgan fingerprint density at radius 3 is 2.48 bits per heavy atom. The highest BCUT2D eigenvalue weighted by molar-refractivity contribution is 7.12. The van der Waals surface area contributed by atoms with Crippen molar-refractivity contribution < 1.29 is 20.1 Å². The van der Waals surface area contributed by atoms with Gasteiger partial charge in [-0.3, -0.25) is 9.36 Å². The van der Waals surface area contributed by atoms with Crippen LogP contribution in [0.3, 0.4) is 0 Å². The minimum atomic E-state index is -0.363. The standard InChI is InChI=1S/C20H22N4O4S/c1-11(14-9-6-10-29-14)21-15-16(20(28)24(4)19(15)27)22-13-8-5-7-12(17(13)25)18(26)23(2)3/h5-10,22,25,27-28H,1-4H3. The number of aromatic nitrogens is 1. The number of aromatic hydroxyl groups is 3. The molecule has 0 aliphatic heterocycles. The summed E-state index contributed by atoms with van der Waals surface area (Å²) < 4.78 is 1.18. The van der Waals surface area contributed by atoms with Crippen LogP contribution in [0.1, 0.15) is 22.2 Å². The van der Waals surface area contributed by atoms with Gasteiger partial charge < -0.3 is 25.5 Å². The lowest BCUT2D eigenvalue weighted by Crippen LogP contribution is -2.21. The second-order valence-electron chi connectivity index (χ2n) is 6.63. The third kappa shape index (κ3) is 3.77. The van der Waals surface area contributed by atoms with Crippen LogP contribution in [0.5, 0.6) is 17.5 Å². The number of hydrogen-bond donors (Lipinski definition) is 4. The molecule has 3 rings (SSSR count). The molecule has 0 spiro atoms. The van der Waals surface area contributed by atoms with E-state index in [1.54, 1.807) is 33.2 Å². The number of rotatable bonds is 5. The predicted molar refractivity (Wildman–Crippen MR) is 114 cm³/mol. The van der Waals surface area contributed by atoms with Gasteiger partial charge in [0.25, 0.3) is 5.91 Å². The molecule has 1 amide bonds. The first kappa shape index (κ1) is 20.3. The Balaban J connectivity index is 2.07. The quantitative estimate of drug-likeness (QED) is 0.375. The first-order chi connectivity index (χ1) is 13.7. The molecule has 0 saturated heterocycles. The van der Waals surface area contributed by atoms with Crippen molar-refractivity contribution in [3.8, 4) is 17.5 Å². The number of amides is 1. The van der Waals surface area contributed by atoms with Crippen LogP contribution >= 0.6 is 11.3 Å². The van der Waals surface area contributed by atoms with Crippen molar-refractivity contribution in [2.24, 2.45) is 12.0 Å². The molecule has 0 fully saturated rings. The van der Waals surface area contributed by atoms with Crippen molar-refractivity contribution in [3.05, 3.63) is 46.2 Å². The maximum absolute atomic E-state index is 12.3. The summed E-state index contributed by atoms with van der Waals surface area (Å²) in [5.74, 6) is -1.12. The van der Waals surface area contributed by atoms with Crippen molar-refractivity contribution in [2.75, 3.05) is 19.4 Å². The Bertz CT molecular complexity index is 1080. The fourth-order valence-corrected chi connectivity index (χ4v) is 3.44. The van der Waals surface area contributed by atoms with Gasteiger partial charge in [-0.25, -0.2) is 4.99 Å². The molecule has 0 unspecified atom stereocenters. The van der Waals surface area contributed by atoms with Gasteiger partial charge in [-0.05, 0) is 30.5 Å². The average molecular weight is 414 g/mol. The lowest BCUT2D eigenvalue weighted by atomic mass is 10.1. The van der Waals surface area contributed by atoms with Gasteiger partial charge in [-0.15, -0.1) is 11.3 Å². The molecule has 2 heterocycles. The van der Waals surface area contributed by atoms with Crippen molar-refractivity contribution in [2.45, 2.75) is 6.92 Å². The van der Waals surface area contributed by atoms with E-state index < -0.39 is 0 Å². The number of carbonyl (C=O) groups is 1. The molecule has 29 heavy (non-hydrogen) atoms. The van der Waals surface area contributed by atoms with E-state index in [4.69, 9.17) is 0 Å². The van der Waals surface area contributed by atoms with Gasteiger partial charge in [0.2, 0.25) is 11.8 Å². The zero-order chi connectivity index (χ0) is 21.3. The molecule has 4 N–H and O–H groups in total. The van der Waals surface area contributed by atoms with Crippen LogP contribution in [0.2, 0.25) is 0 Å². The van der Waals surface area contributed by atoms with E-state index in [0.29, 0.717) is 5.71 Å². The number of phenolic OH excluding ortho intramolecular Hbond substituents is 1. The summed E-state index contributed by atoms with van der Waals surface area (Å²) in [4.78, 5) is 19.0. The van der Waals surface area contributed by atoms with E-state index in [1.807, 2.05) is 17.5 Å². The lowest BCUT2D eigenvalue weighted by Gasteiger charge is -2.14. The molecular formula is C20H22N4O4S. The molecule has 152 valence electrons. The number of hydrogen-bond acceptors (Lipinski definition) is 7. The smallest absolute Gasteiger partial charge is 0.257 e.